The standard InChI is InChI=1S/C12H24N2O3S/c1-10-7-14(8-11(2)13-10)18(15,16)9-12-5-3-4-6-17-12/h10-13H,3-9H2,1-2H3. The second-order valence-electron chi connectivity index (χ2n) is 5.55. The van der Waals surface area contributed by atoms with Crippen molar-refractivity contribution in [1.82, 2.24) is 9.62 Å². The van der Waals surface area contributed by atoms with Gasteiger partial charge in [0.05, 0.1) is 11.9 Å². The zero-order valence-electron chi connectivity index (χ0n) is 11.3. The molecular weight excluding hydrogens is 252 g/mol. The van der Waals surface area contributed by atoms with Crippen LogP contribution in [0.3, 0.4) is 0 Å². The molecule has 2 fully saturated rings. The van der Waals surface area contributed by atoms with Crippen LogP contribution in [-0.4, -0.2) is 56.4 Å². The lowest BCUT2D eigenvalue weighted by atomic mass is 10.1. The van der Waals surface area contributed by atoms with Gasteiger partial charge in [-0.05, 0) is 33.1 Å². The van der Waals surface area contributed by atoms with Crippen molar-refractivity contribution in [3.05, 3.63) is 0 Å². The molecule has 5 nitrogen and oxygen atoms in total. The summed E-state index contributed by atoms with van der Waals surface area (Å²) in [5, 5.41) is 3.35. The molecule has 3 unspecified atom stereocenters. The van der Waals surface area contributed by atoms with E-state index in [0.29, 0.717) is 19.7 Å². The molecule has 3 atom stereocenters. The van der Waals surface area contributed by atoms with Gasteiger partial charge in [-0.1, -0.05) is 0 Å². The Kier molecular flexibility index (Phi) is 4.64. The molecule has 1 N–H and O–H groups in total. The van der Waals surface area contributed by atoms with Crippen molar-refractivity contribution >= 4 is 10.0 Å². The molecule has 2 saturated heterocycles. The molecular formula is C12H24N2O3S. The summed E-state index contributed by atoms with van der Waals surface area (Å²) in [5.41, 5.74) is 0. The summed E-state index contributed by atoms with van der Waals surface area (Å²) in [6, 6.07) is 0.437. The number of ether oxygens (including phenoxy) is 1. The van der Waals surface area contributed by atoms with Crippen LogP contribution in [0.15, 0.2) is 0 Å². The molecule has 2 heterocycles. The van der Waals surface area contributed by atoms with Gasteiger partial charge in [0.25, 0.3) is 0 Å². The SMILES string of the molecule is CC1CN(S(=O)(=O)CC2CCCCO2)CC(C)N1. The van der Waals surface area contributed by atoms with Crippen molar-refractivity contribution in [1.29, 1.82) is 0 Å². The summed E-state index contributed by atoms with van der Waals surface area (Å²) in [6.07, 6.45) is 2.90. The average Bonchev–Trinajstić information content (AvgIpc) is 2.28. The summed E-state index contributed by atoms with van der Waals surface area (Å²) in [6.45, 7) is 5.89. The molecule has 106 valence electrons. The molecule has 6 heteroatoms. The highest BCUT2D eigenvalue weighted by Crippen LogP contribution is 2.18. The first kappa shape index (κ1) is 14.2. The highest BCUT2D eigenvalue weighted by atomic mass is 32.2. The number of nitrogens with one attached hydrogen (secondary N) is 1. The fourth-order valence-corrected chi connectivity index (χ4v) is 4.63. The van der Waals surface area contributed by atoms with Crippen molar-refractivity contribution in [2.75, 3.05) is 25.4 Å². The van der Waals surface area contributed by atoms with Crippen LogP contribution in [0.4, 0.5) is 0 Å². The van der Waals surface area contributed by atoms with E-state index >= 15 is 0 Å². The summed E-state index contributed by atoms with van der Waals surface area (Å²) >= 11 is 0. The average molecular weight is 276 g/mol. The summed E-state index contributed by atoms with van der Waals surface area (Å²) < 4.78 is 31.9. The van der Waals surface area contributed by atoms with Gasteiger partial charge in [0.15, 0.2) is 0 Å². The van der Waals surface area contributed by atoms with Gasteiger partial charge < -0.3 is 10.1 Å². The van der Waals surface area contributed by atoms with Gasteiger partial charge in [-0.2, -0.15) is 4.31 Å². The smallest absolute Gasteiger partial charge is 0.216 e. The van der Waals surface area contributed by atoms with Gasteiger partial charge in [-0.3, -0.25) is 0 Å². The van der Waals surface area contributed by atoms with Crippen LogP contribution in [0.25, 0.3) is 0 Å². The topological polar surface area (TPSA) is 58.6 Å². The largest absolute Gasteiger partial charge is 0.377 e. The Morgan fingerprint density at radius 2 is 1.89 bits per heavy atom. The quantitative estimate of drug-likeness (QED) is 0.818. The second-order valence-corrected chi connectivity index (χ2v) is 7.57. The zero-order valence-corrected chi connectivity index (χ0v) is 12.1. The van der Waals surface area contributed by atoms with E-state index in [2.05, 4.69) is 5.32 Å². The predicted octanol–water partition coefficient (Wildman–Crippen LogP) is 0.567. The Morgan fingerprint density at radius 3 is 2.44 bits per heavy atom. The summed E-state index contributed by atoms with van der Waals surface area (Å²) in [4.78, 5) is 0. The van der Waals surface area contributed by atoms with E-state index in [-0.39, 0.29) is 23.9 Å². The van der Waals surface area contributed by atoms with E-state index in [9.17, 15) is 8.42 Å². The maximum atomic E-state index is 12.4. The van der Waals surface area contributed by atoms with Crippen LogP contribution in [0.1, 0.15) is 33.1 Å². The third-order valence-corrected chi connectivity index (χ3v) is 5.47. The van der Waals surface area contributed by atoms with Gasteiger partial charge >= 0.3 is 0 Å². The zero-order chi connectivity index (χ0) is 13.2. The number of hydrogen-bond acceptors (Lipinski definition) is 4. The molecule has 2 aliphatic heterocycles. The summed E-state index contributed by atoms with van der Waals surface area (Å²) in [7, 11) is -3.18. The second kappa shape index (κ2) is 5.86. The Bertz CT molecular complexity index is 356. The normalized spacial score (nSPS) is 35.6. The molecule has 0 spiro atoms. The lowest BCUT2D eigenvalue weighted by Gasteiger charge is -2.36. The third kappa shape index (κ3) is 3.66. The minimum Gasteiger partial charge on any atom is -0.377 e. The van der Waals surface area contributed by atoms with Crippen LogP contribution < -0.4 is 5.32 Å². The Hall–Kier alpha value is -0.170. The Morgan fingerprint density at radius 1 is 1.22 bits per heavy atom. The number of rotatable bonds is 3. The van der Waals surface area contributed by atoms with Crippen molar-refractivity contribution in [3.63, 3.8) is 0 Å². The van der Waals surface area contributed by atoms with Crippen molar-refractivity contribution < 1.29 is 13.2 Å². The Labute approximate surface area is 110 Å². The number of nitrogens with zero attached hydrogens (tertiary/aromatic N) is 1. The fourth-order valence-electron chi connectivity index (χ4n) is 2.78. The van der Waals surface area contributed by atoms with Crippen molar-refractivity contribution in [3.8, 4) is 0 Å². The molecule has 18 heavy (non-hydrogen) atoms. The summed E-state index contributed by atoms with van der Waals surface area (Å²) in [5.74, 6) is 0.145. The molecule has 0 amide bonds. The molecule has 0 saturated carbocycles. The van der Waals surface area contributed by atoms with Gasteiger partial charge in [0.2, 0.25) is 10.0 Å². The number of hydrogen-bond donors (Lipinski definition) is 1. The van der Waals surface area contributed by atoms with Crippen molar-refractivity contribution in [2.45, 2.75) is 51.3 Å². The highest BCUT2D eigenvalue weighted by Gasteiger charge is 2.32. The van der Waals surface area contributed by atoms with E-state index in [1.807, 2.05) is 13.8 Å². The molecule has 0 aromatic carbocycles. The maximum absolute atomic E-state index is 12.4. The monoisotopic (exact) mass is 276 g/mol. The lowest BCUT2D eigenvalue weighted by molar-refractivity contribution is 0.0297. The van der Waals surface area contributed by atoms with E-state index in [1.165, 1.54) is 0 Å². The van der Waals surface area contributed by atoms with E-state index in [4.69, 9.17) is 4.74 Å². The van der Waals surface area contributed by atoms with Crippen molar-refractivity contribution in [2.24, 2.45) is 0 Å². The third-order valence-electron chi connectivity index (χ3n) is 3.59. The van der Waals surface area contributed by atoms with E-state index < -0.39 is 10.0 Å². The first-order valence-corrected chi connectivity index (χ1v) is 8.44. The Balaban J connectivity index is 1.96. The molecule has 0 aromatic rings. The van der Waals surface area contributed by atoms with Gasteiger partial charge in [0, 0.05) is 31.8 Å². The molecule has 0 aromatic heterocycles. The molecule has 2 rings (SSSR count). The molecule has 2 aliphatic rings. The number of piperazine rings is 1. The van der Waals surface area contributed by atoms with Gasteiger partial charge in [-0.15, -0.1) is 0 Å². The molecule has 0 aliphatic carbocycles. The van der Waals surface area contributed by atoms with Crippen LogP contribution in [-0.2, 0) is 14.8 Å². The predicted molar refractivity (Wildman–Crippen MR) is 71.0 cm³/mol. The van der Waals surface area contributed by atoms with Crippen LogP contribution in [0.2, 0.25) is 0 Å². The minimum absolute atomic E-state index is 0.107. The minimum atomic E-state index is -3.18. The maximum Gasteiger partial charge on any atom is 0.216 e. The van der Waals surface area contributed by atoms with Crippen LogP contribution in [0.5, 0.6) is 0 Å². The highest BCUT2D eigenvalue weighted by molar-refractivity contribution is 7.89. The molecule has 0 bridgehead atoms. The van der Waals surface area contributed by atoms with Gasteiger partial charge in [-0.25, -0.2) is 8.42 Å². The number of sulfonamides is 1. The molecule has 0 radical (unpaired) electrons. The fraction of sp³-hybridized carbons (Fsp3) is 1.00. The van der Waals surface area contributed by atoms with Crippen LogP contribution >= 0.6 is 0 Å². The lowest BCUT2D eigenvalue weighted by Crippen LogP contribution is -2.56. The first-order chi connectivity index (χ1) is 8.47. The van der Waals surface area contributed by atoms with E-state index in [1.54, 1.807) is 4.31 Å². The van der Waals surface area contributed by atoms with Gasteiger partial charge in [0.1, 0.15) is 0 Å². The van der Waals surface area contributed by atoms with E-state index in [0.717, 1.165) is 19.3 Å². The first-order valence-electron chi connectivity index (χ1n) is 6.83. The van der Waals surface area contributed by atoms with Crippen LogP contribution in [0, 0.1) is 0 Å².